The molecule has 1 saturated heterocycles. The summed E-state index contributed by atoms with van der Waals surface area (Å²) >= 11 is 3.98. The molecule has 3 rings (SSSR count). The Bertz CT molecular complexity index is 610. The Morgan fingerprint density at radius 2 is 1.64 bits per heavy atom. The van der Waals surface area contributed by atoms with Crippen LogP contribution in [0.4, 0.5) is 5.69 Å². The van der Waals surface area contributed by atoms with Gasteiger partial charge in [-0.15, -0.1) is 23.5 Å². The third-order valence-electron chi connectivity index (χ3n) is 3.37. The summed E-state index contributed by atoms with van der Waals surface area (Å²) in [5.41, 5.74) is 8.45. The number of anilines is 1. The number of carbonyl (C=O) groups excluding carboxylic acids is 1. The maximum Gasteiger partial charge on any atom is 0.269 e. The molecule has 0 bridgehead atoms. The van der Waals surface area contributed by atoms with Crippen molar-refractivity contribution in [1.82, 2.24) is 5.43 Å². The van der Waals surface area contributed by atoms with Crippen molar-refractivity contribution < 1.29 is 4.79 Å². The van der Waals surface area contributed by atoms with E-state index in [9.17, 15) is 4.79 Å². The molecule has 2 aromatic rings. The van der Waals surface area contributed by atoms with E-state index in [1.165, 1.54) is 23.5 Å². The molecule has 2 aromatic carbocycles. The Morgan fingerprint density at radius 3 is 2.32 bits per heavy atom. The molecule has 0 aliphatic carbocycles. The van der Waals surface area contributed by atoms with Crippen molar-refractivity contribution >= 4 is 35.1 Å². The van der Waals surface area contributed by atoms with E-state index in [0.29, 0.717) is 10.1 Å². The predicted molar refractivity (Wildman–Crippen MR) is 96.2 cm³/mol. The summed E-state index contributed by atoms with van der Waals surface area (Å²) in [4.78, 5) is 12.1. The fourth-order valence-electron chi connectivity index (χ4n) is 2.19. The van der Waals surface area contributed by atoms with Gasteiger partial charge in [0.2, 0.25) is 0 Å². The zero-order valence-corrected chi connectivity index (χ0v) is 13.8. The summed E-state index contributed by atoms with van der Waals surface area (Å²) in [5.74, 6) is 2.32. The number of benzene rings is 2. The number of hydrazine groups is 1. The van der Waals surface area contributed by atoms with E-state index in [4.69, 9.17) is 0 Å². The van der Waals surface area contributed by atoms with Crippen molar-refractivity contribution in [2.75, 3.05) is 16.9 Å². The van der Waals surface area contributed by atoms with Gasteiger partial charge in [0, 0.05) is 5.56 Å². The lowest BCUT2D eigenvalue weighted by Crippen LogP contribution is -2.29. The van der Waals surface area contributed by atoms with E-state index in [1.54, 1.807) is 0 Å². The van der Waals surface area contributed by atoms with Gasteiger partial charge in [0.25, 0.3) is 5.91 Å². The second-order valence-corrected chi connectivity index (χ2v) is 7.72. The standard InChI is InChI=1S/C17H18N2OS2/c20-16(19-18-15-5-2-1-3-6-15)13-7-9-14(10-8-13)17-21-11-4-12-22-17/h1-3,5-10,17-18H,4,11-12H2,(H,19,20). The lowest BCUT2D eigenvalue weighted by Gasteiger charge is -2.21. The number of para-hydroxylation sites is 1. The van der Waals surface area contributed by atoms with Gasteiger partial charge < -0.3 is 0 Å². The Balaban J connectivity index is 1.58. The van der Waals surface area contributed by atoms with Crippen molar-refractivity contribution in [3.8, 4) is 0 Å². The maximum atomic E-state index is 12.1. The SMILES string of the molecule is O=C(NNc1ccccc1)c1ccc(C2SCCCS2)cc1. The molecule has 0 aromatic heterocycles. The van der Waals surface area contributed by atoms with E-state index < -0.39 is 0 Å². The van der Waals surface area contributed by atoms with Crippen LogP contribution in [-0.4, -0.2) is 17.4 Å². The minimum Gasteiger partial charge on any atom is -0.298 e. The number of rotatable bonds is 4. The Morgan fingerprint density at radius 1 is 0.955 bits per heavy atom. The smallest absolute Gasteiger partial charge is 0.269 e. The van der Waals surface area contributed by atoms with E-state index >= 15 is 0 Å². The van der Waals surface area contributed by atoms with Crippen LogP contribution in [-0.2, 0) is 0 Å². The molecule has 0 unspecified atom stereocenters. The minimum atomic E-state index is -0.126. The normalized spacial score (nSPS) is 15.3. The molecule has 0 spiro atoms. The predicted octanol–water partition coefficient (Wildman–Crippen LogP) is 4.31. The Hall–Kier alpha value is -1.59. The first kappa shape index (κ1) is 15.3. The van der Waals surface area contributed by atoms with E-state index in [1.807, 2.05) is 66.0 Å². The summed E-state index contributed by atoms with van der Waals surface area (Å²) in [7, 11) is 0. The van der Waals surface area contributed by atoms with Gasteiger partial charge in [-0.05, 0) is 47.8 Å². The van der Waals surface area contributed by atoms with Crippen LogP contribution in [0.5, 0.6) is 0 Å². The van der Waals surface area contributed by atoms with Crippen LogP contribution in [0.2, 0.25) is 0 Å². The van der Waals surface area contributed by atoms with Crippen molar-refractivity contribution in [3.63, 3.8) is 0 Å². The summed E-state index contributed by atoms with van der Waals surface area (Å²) in [6.45, 7) is 0. The molecule has 1 fully saturated rings. The number of carbonyl (C=O) groups is 1. The fraction of sp³-hybridized carbons (Fsp3) is 0.235. The first-order valence-electron chi connectivity index (χ1n) is 7.27. The van der Waals surface area contributed by atoms with Crippen LogP contribution >= 0.6 is 23.5 Å². The highest BCUT2D eigenvalue weighted by atomic mass is 32.2. The molecule has 114 valence electrons. The fourth-order valence-corrected chi connectivity index (χ4v) is 5.09. The molecule has 2 N–H and O–H groups in total. The minimum absolute atomic E-state index is 0.126. The Kier molecular flexibility index (Phi) is 5.29. The quantitative estimate of drug-likeness (QED) is 0.820. The van der Waals surface area contributed by atoms with Crippen LogP contribution in [0.1, 0.15) is 26.9 Å². The zero-order valence-electron chi connectivity index (χ0n) is 12.1. The molecule has 22 heavy (non-hydrogen) atoms. The van der Waals surface area contributed by atoms with Gasteiger partial charge >= 0.3 is 0 Å². The molecule has 0 radical (unpaired) electrons. The van der Waals surface area contributed by atoms with Crippen molar-refractivity contribution in [1.29, 1.82) is 0 Å². The van der Waals surface area contributed by atoms with Gasteiger partial charge in [0.05, 0.1) is 10.3 Å². The summed E-state index contributed by atoms with van der Waals surface area (Å²) < 4.78 is 0.508. The number of hydrogen-bond donors (Lipinski definition) is 2. The van der Waals surface area contributed by atoms with Gasteiger partial charge in [-0.25, -0.2) is 0 Å². The van der Waals surface area contributed by atoms with Crippen molar-refractivity contribution in [2.45, 2.75) is 11.0 Å². The van der Waals surface area contributed by atoms with E-state index in [2.05, 4.69) is 23.0 Å². The van der Waals surface area contributed by atoms with Crippen LogP contribution in [0.15, 0.2) is 54.6 Å². The first-order chi connectivity index (χ1) is 10.8. The first-order valence-corrected chi connectivity index (χ1v) is 9.37. The van der Waals surface area contributed by atoms with Crippen LogP contribution < -0.4 is 10.9 Å². The molecule has 3 nitrogen and oxygen atoms in total. The molecule has 0 saturated carbocycles. The van der Waals surface area contributed by atoms with Gasteiger partial charge in [0.1, 0.15) is 0 Å². The second-order valence-electron chi connectivity index (χ2n) is 4.99. The largest absolute Gasteiger partial charge is 0.298 e. The average molecular weight is 330 g/mol. The molecule has 0 atom stereocenters. The van der Waals surface area contributed by atoms with Crippen molar-refractivity contribution in [3.05, 3.63) is 65.7 Å². The summed E-state index contributed by atoms with van der Waals surface area (Å²) in [5, 5.41) is 0. The molecular formula is C17H18N2OS2. The van der Waals surface area contributed by atoms with Crippen LogP contribution in [0.3, 0.4) is 0 Å². The summed E-state index contributed by atoms with van der Waals surface area (Å²) in [6.07, 6.45) is 1.29. The highest BCUT2D eigenvalue weighted by molar-refractivity contribution is 8.16. The number of hydrogen-bond acceptors (Lipinski definition) is 4. The topological polar surface area (TPSA) is 41.1 Å². The van der Waals surface area contributed by atoms with Gasteiger partial charge in [-0.3, -0.25) is 15.6 Å². The number of amides is 1. The van der Waals surface area contributed by atoms with E-state index in [-0.39, 0.29) is 5.91 Å². The second kappa shape index (κ2) is 7.61. The highest BCUT2D eigenvalue weighted by Gasteiger charge is 2.16. The van der Waals surface area contributed by atoms with Crippen LogP contribution in [0.25, 0.3) is 0 Å². The molecule has 1 aliphatic rings. The van der Waals surface area contributed by atoms with Gasteiger partial charge in [0.15, 0.2) is 0 Å². The summed E-state index contributed by atoms with van der Waals surface area (Å²) in [6, 6.07) is 17.5. The average Bonchev–Trinajstić information content (AvgIpc) is 2.61. The molecule has 5 heteroatoms. The number of thioether (sulfide) groups is 2. The molecule has 1 heterocycles. The van der Waals surface area contributed by atoms with Gasteiger partial charge in [-0.2, -0.15) is 0 Å². The number of nitrogens with one attached hydrogen (secondary N) is 2. The molecule has 1 aliphatic heterocycles. The molecular weight excluding hydrogens is 312 g/mol. The van der Waals surface area contributed by atoms with Crippen molar-refractivity contribution in [2.24, 2.45) is 0 Å². The zero-order chi connectivity index (χ0) is 15.2. The maximum absolute atomic E-state index is 12.1. The molecule has 1 amide bonds. The lowest BCUT2D eigenvalue weighted by atomic mass is 10.1. The van der Waals surface area contributed by atoms with E-state index in [0.717, 1.165) is 5.69 Å². The lowest BCUT2D eigenvalue weighted by molar-refractivity contribution is 0.0962. The third-order valence-corrected chi connectivity index (χ3v) is 6.38. The van der Waals surface area contributed by atoms with Gasteiger partial charge in [-0.1, -0.05) is 30.3 Å². The third kappa shape index (κ3) is 3.99. The monoisotopic (exact) mass is 330 g/mol. The Labute approximate surface area is 139 Å². The highest BCUT2D eigenvalue weighted by Crippen LogP contribution is 2.43. The van der Waals surface area contributed by atoms with Crippen LogP contribution in [0, 0.1) is 0 Å².